The number of rotatable bonds is 16. The minimum atomic E-state index is -0.959. The minimum absolute atomic E-state index is 0.0113. The Balaban J connectivity index is 0.813. The second-order valence-electron chi connectivity index (χ2n) is 15.6. The normalized spacial score (nSPS) is 16.1. The van der Waals surface area contributed by atoms with Crippen molar-refractivity contribution in [1.82, 2.24) is 35.5 Å². The molecule has 308 valence electrons. The lowest BCUT2D eigenvalue weighted by Crippen LogP contribution is -2.58. The molecule has 0 spiro atoms. The first-order valence-electron chi connectivity index (χ1n) is 19.6. The number of aromatic amines is 1. The third kappa shape index (κ3) is 10.1. The Morgan fingerprint density at radius 3 is 2.42 bits per heavy atom. The fourth-order valence-corrected chi connectivity index (χ4v) is 7.95. The van der Waals surface area contributed by atoms with Crippen molar-refractivity contribution in [2.45, 2.75) is 58.8 Å². The number of aliphatic hydroxyl groups excluding tert-OH is 1. The number of nitrogens with zero attached hydrogens (tertiary/aromatic N) is 4. The van der Waals surface area contributed by atoms with Gasteiger partial charge in [0.25, 0.3) is 0 Å². The van der Waals surface area contributed by atoms with Gasteiger partial charge in [0.2, 0.25) is 23.6 Å². The number of nitrogens with one attached hydrogen (secondary N) is 3. The van der Waals surface area contributed by atoms with Crippen LogP contribution in [-0.4, -0.2) is 105 Å². The summed E-state index contributed by atoms with van der Waals surface area (Å²) in [6.07, 6.45) is 4.65. The van der Waals surface area contributed by atoms with Gasteiger partial charge in [-0.2, -0.15) is 0 Å². The van der Waals surface area contributed by atoms with Gasteiger partial charge in [-0.1, -0.05) is 57.2 Å². The van der Waals surface area contributed by atoms with Gasteiger partial charge in [-0.15, -0.1) is 11.3 Å². The van der Waals surface area contributed by atoms with E-state index in [9.17, 15) is 19.5 Å². The number of fused-ring (bicyclic) bond motifs is 3. The van der Waals surface area contributed by atoms with Crippen LogP contribution in [0.3, 0.4) is 0 Å². The van der Waals surface area contributed by atoms with E-state index in [0.717, 1.165) is 54.6 Å². The van der Waals surface area contributed by atoms with Crippen LogP contribution < -0.4 is 15.4 Å². The molecule has 1 aliphatic rings. The molecule has 1 aliphatic heterocycles. The van der Waals surface area contributed by atoms with E-state index >= 15 is 0 Å². The third-order valence-electron chi connectivity index (χ3n) is 10.3. The molecule has 0 saturated carbocycles. The van der Waals surface area contributed by atoms with Crippen LogP contribution in [0.5, 0.6) is 5.88 Å². The molecule has 14 nitrogen and oxygen atoms in total. The zero-order valence-corrected chi connectivity index (χ0v) is 34.4. The number of aryl methyl sites for hydroxylation is 1. The molecule has 2 aromatic carbocycles. The quantitative estimate of drug-likeness (QED) is 0.0920. The van der Waals surface area contributed by atoms with Gasteiger partial charge in [0.05, 0.1) is 42.0 Å². The first-order valence-corrected chi connectivity index (χ1v) is 20.5. The fraction of sp³-hybridized carbons (Fsp3) is 0.364. The van der Waals surface area contributed by atoms with Crippen LogP contribution in [-0.2, 0) is 30.4 Å². The van der Waals surface area contributed by atoms with Gasteiger partial charge in [0.1, 0.15) is 25.3 Å². The van der Waals surface area contributed by atoms with Crippen molar-refractivity contribution < 1.29 is 33.7 Å². The number of H-pyrrole nitrogens is 1. The number of carbonyl (C=O) groups is 3. The van der Waals surface area contributed by atoms with Gasteiger partial charge < -0.3 is 39.8 Å². The molecule has 3 amide bonds. The number of carbonyl (C=O) groups excluding carboxylic acids is 3. The van der Waals surface area contributed by atoms with E-state index < -0.39 is 35.4 Å². The van der Waals surface area contributed by atoms with Crippen LogP contribution >= 0.6 is 11.3 Å². The number of β-amino-alcohol motifs (C(OH)–C–C–N with tert-alkyl or cyclic N) is 1. The molecular formula is C44H49N7O7S. The highest BCUT2D eigenvalue weighted by Crippen LogP contribution is 2.31. The van der Waals surface area contributed by atoms with E-state index in [1.807, 2.05) is 81.9 Å². The van der Waals surface area contributed by atoms with Crippen molar-refractivity contribution in [2.75, 3.05) is 39.6 Å². The van der Waals surface area contributed by atoms with Crippen molar-refractivity contribution >= 4 is 50.9 Å². The summed E-state index contributed by atoms with van der Waals surface area (Å²) in [6, 6.07) is 18.0. The Hall–Kier alpha value is -5.74. The van der Waals surface area contributed by atoms with E-state index in [0.29, 0.717) is 12.5 Å². The number of hydrogen-bond donors (Lipinski definition) is 4. The van der Waals surface area contributed by atoms with Gasteiger partial charge in [-0.05, 0) is 47.2 Å². The number of benzene rings is 2. The number of ether oxygens (including phenoxy) is 3. The summed E-state index contributed by atoms with van der Waals surface area (Å²) in [5.74, 6) is -0.810. The largest absolute Gasteiger partial charge is 0.475 e. The summed E-state index contributed by atoms with van der Waals surface area (Å²) in [5.41, 5.74) is 8.11. The summed E-state index contributed by atoms with van der Waals surface area (Å²) in [5, 5.41) is 18.5. The second-order valence-corrected chi connectivity index (χ2v) is 16.5. The van der Waals surface area contributed by atoms with Gasteiger partial charge in [0, 0.05) is 71.5 Å². The first kappa shape index (κ1) is 41.4. The summed E-state index contributed by atoms with van der Waals surface area (Å²) < 4.78 is 16.9. The SMILES string of the molecule is Cc1ncsc1-c1ccc(CNC(=O)C2CC(O)CN2C(=O)[C@@H](NC(=O)COCCOCCOc2ccc(-c3ccc4c(c3)[nH]c3ccncc34)cn2)C(C)(C)C)cc1. The van der Waals surface area contributed by atoms with E-state index in [2.05, 4.69) is 48.8 Å². The lowest BCUT2D eigenvalue weighted by Gasteiger charge is -2.35. The van der Waals surface area contributed by atoms with Crippen molar-refractivity contribution in [3.05, 3.63) is 96.0 Å². The summed E-state index contributed by atoms with van der Waals surface area (Å²) in [6.45, 7) is 8.39. The molecule has 7 rings (SSSR count). The third-order valence-corrected chi connectivity index (χ3v) is 11.2. The number of aromatic nitrogens is 4. The topological polar surface area (TPSA) is 181 Å². The molecule has 6 aromatic rings. The summed E-state index contributed by atoms with van der Waals surface area (Å²) >= 11 is 1.57. The van der Waals surface area contributed by atoms with Crippen molar-refractivity contribution in [3.8, 4) is 27.4 Å². The van der Waals surface area contributed by atoms with E-state index in [1.54, 1.807) is 23.7 Å². The lowest BCUT2D eigenvalue weighted by molar-refractivity contribution is -0.144. The molecule has 1 fully saturated rings. The smallest absolute Gasteiger partial charge is 0.246 e. The molecule has 2 unspecified atom stereocenters. The molecule has 3 atom stereocenters. The predicted molar refractivity (Wildman–Crippen MR) is 226 cm³/mol. The molecule has 0 aliphatic carbocycles. The molecule has 5 heterocycles. The highest BCUT2D eigenvalue weighted by atomic mass is 32.1. The van der Waals surface area contributed by atoms with Gasteiger partial charge in [-0.3, -0.25) is 19.4 Å². The molecule has 59 heavy (non-hydrogen) atoms. The lowest BCUT2D eigenvalue weighted by atomic mass is 9.85. The molecule has 4 N–H and O–H groups in total. The highest BCUT2D eigenvalue weighted by molar-refractivity contribution is 7.13. The fourth-order valence-electron chi connectivity index (χ4n) is 7.13. The standard InChI is InChI=1S/C44H49N7O7S/c1-27-40(59-26-48-27)29-7-5-28(6-8-29)21-47-42(54)37-20-32(52)24-51(37)43(55)41(44(2,3)4)50-38(53)25-57-16-15-56-17-18-58-39-12-10-31(22-46-39)30-9-11-33-34-23-45-14-13-35(34)49-36(33)19-30/h5-14,19,22-23,26,32,37,41,49,52H,15-18,20-21,24-25H2,1-4H3,(H,47,54)(H,50,53)/t32?,37?,41-/m1/s1. The molecule has 0 bridgehead atoms. The summed E-state index contributed by atoms with van der Waals surface area (Å²) in [4.78, 5) is 59.1. The molecular weight excluding hydrogens is 771 g/mol. The number of amides is 3. The molecule has 15 heteroatoms. The van der Waals surface area contributed by atoms with Crippen molar-refractivity contribution in [1.29, 1.82) is 0 Å². The average molecular weight is 820 g/mol. The Labute approximate surface area is 346 Å². The second kappa shape index (κ2) is 18.5. The zero-order chi connectivity index (χ0) is 41.5. The van der Waals surface area contributed by atoms with Gasteiger partial charge >= 0.3 is 0 Å². The highest BCUT2D eigenvalue weighted by Gasteiger charge is 2.44. The maximum Gasteiger partial charge on any atom is 0.246 e. The Morgan fingerprint density at radius 1 is 0.915 bits per heavy atom. The van der Waals surface area contributed by atoms with E-state index in [4.69, 9.17) is 14.2 Å². The van der Waals surface area contributed by atoms with Crippen LogP contribution in [0.4, 0.5) is 0 Å². The maximum atomic E-state index is 13.9. The summed E-state index contributed by atoms with van der Waals surface area (Å²) in [7, 11) is 0. The number of thiazole rings is 1. The van der Waals surface area contributed by atoms with Gasteiger partial charge in [0.15, 0.2) is 0 Å². The van der Waals surface area contributed by atoms with Crippen LogP contribution in [0, 0.1) is 12.3 Å². The van der Waals surface area contributed by atoms with Crippen molar-refractivity contribution in [2.24, 2.45) is 5.41 Å². The predicted octanol–water partition coefficient (Wildman–Crippen LogP) is 5.43. The minimum Gasteiger partial charge on any atom is -0.475 e. The Kier molecular flexibility index (Phi) is 13.0. The van der Waals surface area contributed by atoms with Crippen LogP contribution in [0.1, 0.15) is 38.4 Å². The van der Waals surface area contributed by atoms with Gasteiger partial charge in [-0.25, -0.2) is 9.97 Å². The molecule has 4 aromatic heterocycles. The molecule has 1 saturated heterocycles. The molecule has 0 radical (unpaired) electrons. The van der Waals surface area contributed by atoms with Crippen LogP contribution in [0.2, 0.25) is 0 Å². The van der Waals surface area contributed by atoms with Crippen LogP contribution in [0.15, 0.2) is 84.8 Å². The van der Waals surface area contributed by atoms with E-state index in [-0.39, 0.29) is 51.8 Å². The Bertz CT molecular complexity index is 2390. The zero-order valence-electron chi connectivity index (χ0n) is 33.6. The first-order chi connectivity index (χ1) is 28.4. The maximum absolute atomic E-state index is 13.9. The van der Waals surface area contributed by atoms with E-state index in [1.165, 1.54) is 4.90 Å². The van der Waals surface area contributed by atoms with Crippen LogP contribution in [0.25, 0.3) is 43.4 Å². The number of pyridine rings is 2. The average Bonchev–Trinajstić information content (AvgIpc) is 3.95. The monoisotopic (exact) mass is 819 g/mol. The number of hydrogen-bond acceptors (Lipinski definition) is 11. The number of aliphatic hydroxyl groups is 1. The van der Waals surface area contributed by atoms with Crippen molar-refractivity contribution in [3.63, 3.8) is 0 Å². The Morgan fingerprint density at radius 2 is 1.68 bits per heavy atom. The number of likely N-dealkylation sites (tertiary alicyclic amines) is 1.